The topological polar surface area (TPSA) is 98.7 Å². The molecule has 0 aliphatic rings. The highest BCUT2D eigenvalue weighted by atomic mass is 35.5. The van der Waals surface area contributed by atoms with Crippen LogP contribution in [0.5, 0.6) is 5.75 Å². The molecule has 248 valence electrons. The summed E-state index contributed by atoms with van der Waals surface area (Å²) in [7, 11) is 0. The molecule has 47 heavy (non-hydrogen) atoms. The Balaban J connectivity index is 1.29. The summed E-state index contributed by atoms with van der Waals surface area (Å²) in [5.74, 6) is 1.38. The highest BCUT2D eigenvalue weighted by Gasteiger charge is 2.17. The van der Waals surface area contributed by atoms with Crippen LogP contribution in [0.15, 0.2) is 72.8 Å². The van der Waals surface area contributed by atoms with Gasteiger partial charge in [0.05, 0.1) is 31.6 Å². The van der Waals surface area contributed by atoms with Gasteiger partial charge in [-0.05, 0) is 104 Å². The van der Waals surface area contributed by atoms with Crippen LogP contribution in [0, 0.1) is 6.92 Å². The molecule has 10 heteroatoms. The molecule has 5 aromatic rings. The summed E-state index contributed by atoms with van der Waals surface area (Å²) in [6, 6.07) is 24.2. The molecular formula is C37H42Cl2N4O3S. The van der Waals surface area contributed by atoms with E-state index in [1.54, 1.807) is 27.7 Å². The lowest BCUT2D eigenvalue weighted by atomic mass is 9.96. The van der Waals surface area contributed by atoms with E-state index in [4.69, 9.17) is 32.3 Å². The van der Waals surface area contributed by atoms with Crippen molar-refractivity contribution in [2.75, 3.05) is 18.4 Å². The van der Waals surface area contributed by atoms with Gasteiger partial charge in [-0.3, -0.25) is 0 Å². The predicted molar refractivity (Wildman–Crippen MR) is 196 cm³/mol. The summed E-state index contributed by atoms with van der Waals surface area (Å²) in [6.45, 7) is 11.8. The minimum Gasteiger partial charge on any atom is -0.487 e. The summed E-state index contributed by atoms with van der Waals surface area (Å²) in [5, 5.41) is 32.0. The number of aromatic nitrogens is 1. The highest BCUT2D eigenvalue weighted by molar-refractivity contribution is 7.14. The molecule has 0 saturated carbocycles. The summed E-state index contributed by atoms with van der Waals surface area (Å²) in [5.41, 5.74) is 5.70. The van der Waals surface area contributed by atoms with Crippen molar-refractivity contribution in [2.24, 2.45) is 0 Å². The monoisotopic (exact) mass is 692 g/mol. The molecule has 7 nitrogen and oxygen atoms in total. The van der Waals surface area contributed by atoms with Crippen molar-refractivity contribution < 1.29 is 14.9 Å². The number of rotatable bonds is 14. The minimum atomic E-state index is -0.775. The second-order valence-corrected chi connectivity index (χ2v) is 14.7. The van der Waals surface area contributed by atoms with Gasteiger partial charge < -0.3 is 30.9 Å². The third kappa shape index (κ3) is 9.45. The third-order valence-electron chi connectivity index (χ3n) is 7.67. The molecule has 4 aromatic carbocycles. The first kappa shape index (κ1) is 35.1. The van der Waals surface area contributed by atoms with Crippen LogP contribution in [-0.4, -0.2) is 38.9 Å². The number of halogens is 2. The van der Waals surface area contributed by atoms with Gasteiger partial charge in [0.15, 0.2) is 5.82 Å². The SMILES string of the molecule is Cc1c(COc2ccc(CNCC(C)(C)O)cc2Cl)cccc1-c1cccc2c(Nc3ccc(CNCC(C)(C)O)cc3Cl)nsc12. The fourth-order valence-electron chi connectivity index (χ4n) is 5.25. The Bertz CT molecular complexity index is 1850. The average Bonchev–Trinajstić information content (AvgIpc) is 3.40. The normalized spacial score (nSPS) is 12.1. The van der Waals surface area contributed by atoms with Crippen molar-refractivity contribution in [1.29, 1.82) is 0 Å². The molecule has 0 radical (unpaired) electrons. The van der Waals surface area contributed by atoms with Gasteiger partial charge in [-0.25, -0.2) is 0 Å². The van der Waals surface area contributed by atoms with Crippen molar-refractivity contribution in [1.82, 2.24) is 15.0 Å². The number of anilines is 2. The molecular weight excluding hydrogens is 651 g/mol. The van der Waals surface area contributed by atoms with E-state index in [0.29, 0.717) is 48.6 Å². The van der Waals surface area contributed by atoms with E-state index in [1.807, 2.05) is 36.4 Å². The first-order valence-corrected chi connectivity index (χ1v) is 17.1. The van der Waals surface area contributed by atoms with Gasteiger partial charge in [0.1, 0.15) is 12.4 Å². The Morgan fingerprint density at radius 1 is 0.787 bits per heavy atom. The van der Waals surface area contributed by atoms with E-state index in [0.717, 1.165) is 55.0 Å². The standard InChI is InChI=1S/C37H42Cl2N4O3S/c1-23-26(20-46-33-15-13-25(17-31(33)39)19-41-22-37(4,5)45)8-6-9-27(23)28-10-7-11-29-34(28)47-43-35(29)42-32-14-12-24(16-30(32)38)18-40-21-36(2,3)44/h6-17,40-41,44-45H,18-22H2,1-5H3,(H,42,43). The summed E-state index contributed by atoms with van der Waals surface area (Å²) < 4.78 is 12.0. The second-order valence-electron chi connectivity index (χ2n) is 13.1. The zero-order valence-corrected chi connectivity index (χ0v) is 29.7. The second kappa shape index (κ2) is 14.9. The average molecular weight is 694 g/mol. The van der Waals surface area contributed by atoms with E-state index >= 15 is 0 Å². The van der Waals surface area contributed by atoms with E-state index in [2.05, 4.69) is 59.3 Å². The van der Waals surface area contributed by atoms with E-state index < -0.39 is 11.2 Å². The molecule has 5 N–H and O–H groups in total. The maximum Gasteiger partial charge on any atom is 0.152 e. The maximum atomic E-state index is 9.94. The fraction of sp³-hybridized carbons (Fsp3) is 0.324. The first-order chi connectivity index (χ1) is 22.3. The van der Waals surface area contributed by atoms with Crippen LogP contribution >= 0.6 is 34.7 Å². The molecule has 0 aliphatic heterocycles. The molecule has 0 amide bonds. The number of hydrogen-bond acceptors (Lipinski definition) is 8. The van der Waals surface area contributed by atoms with Gasteiger partial charge >= 0.3 is 0 Å². The molecule has 0 spiro atoms. The smallest absolute Gasteiger partial charge is 0.152 e. The number of nitrogens with zero attached hydrogens (tertiary/aromatic N) is 1. The molecule has 0 bridgehead atoms. The predicted octanol–water partition coefficient (Wildman–Crippen LogP) is 8.62. The zero-order valence-electron chi connectivity index (χ0n) is 27.4. The number of ether oxygens (including phenoxy) is 1. The minimum absolute atomic E-state index is 0.378. The van der Waals surface area contributed by atoms with Crippen LogP contribution in [0.4, 0.5) is 11.5 Å². The third-order valence-corrected chi connectivity index (χ3v) is 9.18. The van der Waals surface area contributed by atoms with Crippen LogP contribution in [-0.2, 0) is 19.7 Å². The summed E-state index contributed by atoms with van der Waals surface area (Å²) in [4.78, 5) is 0. The lowest BCUT2D eigenvalue weighted by molar-refractivity contribution is 0.0789. The van der Waals surface area contributed by atoms with Crippen LogP contribution in [0.25, 0.3) is 21.2 Å². The van der Waals surface area contributed by atoms with Gasteiger partial charge in [0.25, 0.3) is 0 Å². The van der Waals surface area contributed by atoms with Gasteiger partial charge in [0.2, 0.25) is 0 Å². The van der Waals surface area contributed by atoms with Crippen molar-refractivity contribution in [3.63, 3.8) is 0 Å². The molecule has 0 saturated heterocycles. The zero-order chi connectivity index (χ0) is 33.8. The summed E-state index contributed by atoms with van der Waals surface area (Å²) >= 11 is 14.7. The molecule has 0 aliphatic carbocycles. The quantitative estimate of drug-likeness (QED) is 0.0795. The number of benzene rings is 4. The molecule has 0 unspecified atom stereocenters. The van der Waals surface area contributed by atoms with E-state index in [1.165, 1.54) is 11.5 Å². The Morgan fingerprint density at radius 2 is 1.40 bits per heavy atom. The van der Waals surface area contributed by atoms with Gasteiger partial charge in [-0.2, -0.15) is 4.37 Å². The van der Waals surface area contributed by atoms with Crippen LogP contribution < -0.4 is 20.7 Å². The van der Waals surface area contributed by atoms with Gasteiger partial charge in [-0.15, -0.1) is 0 Å². The molecule has 5 rings (SSSR count). The lowest BCUT2D eigenvalue weighted by Gasteiger charge is -2.18. The van der Waals surface area contributed by atoms with Crippen LogP contribution in [0.3, 0.4) is 0 Å². The van der Waals surface area contributed by atoms with E-state index in [9.17, 15) is 10.2 Å². The van der Waals surface area contributed by atoms with Gasteiger partial charge in [-0.1, -0.05) is 65.7 Å². The lowest BCUT2D eigenvalue weighted by Crippen LogP contribution is -2.34. The Labute approximate surface area is 291 Å². The van der Waals surface area contributed by atoms with Gasteiger partial charge in [0, 0.05) is 37.1 Å². The first-order valence-electron chi connectivity index (χ1n) is 15.6. The molecule has 1 aromatic heterocycles. The Kier molecular flexibility index (Phi) is 11.1. The van der Waals surface area contributed by atoms with Crippen molar-refractivity contribution in [2.45, 2.75) is 65.5 Å². The van der Waals surface area contributed by atoms with Crippen LogP contribution in [0.1, 0.15) is 49.9 Å². The number of fused-ring (bicyclic) bond motifs is 1. The van der Waals surface area contributed by atoms with Crippen molar-refractivity contribution in [3.8, 4) is 16.9 Å². The molecule has 1 heterocycles. The van der Waals surface area contributed by atoms with Crippen molar-refractivity contribution >= 4 is 56.3 Å². The summed E-state index contributed by atoms with van der Waals surface area (Å²) in [6.07, 6.45) is 0. The van der Waals surface area contributed by atoms with Crippen molar-refractivity contribution in [3.05, 3.63) is 105 Å². The molecule has 0 atom stereocenters. The fourth-order valence-corrected chi connectivity index (χ4v) is 6.62. The highest BCUT2D eigenvalue weighted by Crippen LogP contribution is 2.39. The number of aliphatic hydroxyl groups is 2. The number of hydrogen-bond donors (Lipinski definition) is 5. The largest absolute Gasteiger partial charge is 0.487 e. The number of nitrogens with one attached hydrogen (secondary N) is 3. The maximum absolute atomic E-state index is 9.94. The Hall–Kier alpha value is -3.21. The Morgan fingerprint density at radius 3 is 2.04 bits per heavy atom. The molecule has 0 fully saturated rings. The van der Waals surface area contributed by atoms with Crippen LogP contribution in [0.2, 0.25) is 10.0 Å². The van der Waals surface area contributed by atoms with E-state index in [-0.39, 0.29) is 0 Å².